The largest absolute Gasteiger partial charge is 0.371 e. The summed E-state index contributed by atoms with van der Waals surface area (Å²) >= 11 is 0. The van der Waals surface area contributed by atoms with Crippen LogP contribution in [-0.4, -0.2) is 39.3 Å². The molecular weight excluding hydrogens is 258 g/mol. The van der Waals surface area contributed by atoms with E-state index in [1.807, 2.05) is 0 Å². The first-order valence-electron chi connectivity index (χ1n) is 8.58. The summed E-state index contributed by atoms with van der Waals surface area (Å²) in [4.78, 5) is 4.98. The first kappa shape index (κ1) is 14.7. The Balaban J connectivity index is 1.75. The molecule has 3 heteroatoms. The second-order valence-corrected chi connectivity index (χ2v) is 6.56. The number of nitrogens with zero attached hydrogens (tertiary/aromatic N) is 2. The lowest BCUT2D eigenvalue weighted by atomic mass is 9.97. The monoisotopic (exact) mass is 287 g/mol. The number of hydrogen-bond donors (Lipinski definition) is 1. The predicted octanol–water partition coefficient (Wildman–Crippen LogP) is 3.11. The lowest BCUT2D eigenvalue weighted by molar-refractivity contribution is 0.363. The average Bonchev–Trinajstić information content (AvgIpc) is 3.04. The van der Waals surface area contributed by atoms with Crippen LogP contribution in [0.15, 0.2) is 24.3 Å². The highest BCUT2D eigenvalue weighted by atomic mass is 15.3. The van der Waals surface area contributed by atoms with E-state index in [0.29, 0.717) is 6.04 Å². The van der Waals surface area contributed by atoms with Crippen molar-refractivity contribution in [3.05, 3.63) is 24.3 Å². The molecule has 116 valence electrons. The van der Waals surface area contributed by atoms with Crippen molar-refractivity contribution in [2.24, 2.45) is 5.92 Å². The molecule has 2 aliphatic rings. The Morgan fingerprint density at radius 3 is 2.57 bits per heavy atom. The number of para-hydroxylation sites is 2. The Bertz CT molecular complexity index is 454. The van der Waals surface area contributed by atoms with Crippen molar-refractivity contribution in [2.75, 3.05) is 43.0 Å². The Hall–Kier alpha value is -1.22. The standard InChI is InChI=1S/C18H29N3/c1-3-19-16(15-8-4-5-9-15)14-21-13-12-20(2)17-10-6-7-11-18(17)21/h6-7,10-11,15-16,19H,3-5,8-9,12-14H2,1-2H3. The van der Waals surface area contributed by atoms with E-state index in [0.717, 1.165) is 32.1 Å². The third kappa shape index (κ3) is 3.18. The van der Waals surface area contributed by atoms with Gasteiger partial charge in [0.1, 0.15) is 0 Å². The minimum Gasteiger partial charge on any atom is -0.371 e. The summed E-state index contributed by atoms with van der Waals surface area (Å²) in [6.45, 7) is 6.74. The highest BCUT2D eigenvalue weighted by molar-refractivity contribution is 5.73. The molecule has 1 aromatic rings. The molecule has 0 aromatic heterocycles. The van der Waals surface area contributed by atoms with Crippen LogP contribution in [0.25, 0.3) is 0 Å². The molecule has 0 amide bonds. The minimum absolute atomic E-state index is 0.647. The molecule has 1 unspecified atom stereocenters. The molecule has 0 spiro atoms. The topological polar surface area (TPSA) is 18.5 Å². The number of anilines is 2. The normalized spacial score (nSPS) is 20.7. The molecule has 1 atom stereocenters. The first-order chi connectivity index (χ1) is 10.3. The number of benzene rings is 1. The fourth-order valence-corrected chi connectivity index (χ4v) is 4.00. The van der Waals surface area contributed by atoms with Crippen LogP contribution in [0.4, 0.5) is 11.4 Å². The highest BCUT2D eigenvalue weighted by Gasteiger charge is 2.28. The number of nitrogens with one attached hydrogen (secondary N) is 1. The number of hydrogen-bond acceptors (Lipinski definition) is 3. The number of fused-ring (bicyclic) bond motifs is 1. The molecule has 1 aromatic carbocycles. The Kier molecular flexibility index (Phi) is 4.69. The predicted molar refractivity (Wildman–Crippen MR) is 91.3 cm³/mol. The summed E-state index contributed by atoms with van der Waals surface area (Å²) in [6.07, 6.45) is 5.66. The molecule has 1 aliphatic carbocycles. The maximum absolute atomic E-state index is 3.76. The molecule has 1 saturated carbocycles. The van der Waals surface area contributed by atoms with Crippen molar-refractivity contribution in [3.63, 3.8) is 0 Å². The van der Waals surface area contributed by atoms with Crippen LogP contribution in [0, 0.1) is 5.92 Å². The zero-order valence-electron chi connectivity index (χ0n) is 13.5. The van der Waals surface area contributed by atoms with E-state index in [1.54, 1.807) is 0 Å². The molecule has 3 rings (SSSR count). The van der Waals surface area contributed by atoms with Gasteiger partial charge in [0.25, 0.3) is 0 Å². The van der Waals surface area contributed by atoms with Crippen molar-refractivity contribution in [3.8, 4) is 0 Å². The van der Waals surface area contributed by atoms with Crippen molar-refractivity contribution in [1.29, 1.82) is 0 Å². The van der Waals surface area contributed by atoms with E-state index in [2.05, 4.69) is 53.4 Å². The lowest BCUT2D eigenvalue weighted by Crippen LogP contribution is -2.49. The number of likely N-dealkylation sites (N-methyl/N-ethyl adjacent to an activating group) is 2. The fraction of sp³-hybridized carbons (Fsp3) is 0.667. The SMILES string of the molecule is CCNC(CN1CCN(C)c2ccccc21)C1CCCC1. The molecule has 0 bridgehead atoms. The summed E-state index contributed by atoms with van der Waals surface area (Å²) in [5.74, 6) is 0.872. The first-order valence-corrected chi connectivity index (χ1v) is 8.58. The zero-order valence-corrected chi connectivity index (χ0v) is 13.5. The van der Waals surface area contributed by atoms with E-state index >= 15 is 0 Å². The third-order valence-corrected chi connectivity index (χ3v) is 5.19. The van der Waals surface area contributed by atoms with Crippen molar-refractivity contribution >= 4 is 11.4 Å². The minimum atomic E-state index is 0.647. The van der Waals surface area contributed by atoms with Gasteiger partial charge in [-0.05, 0) is 37.4 Å². The van der Waals surface area contributed by atoms with Gasteiger partial charge in [-0.2, -0.15) is 0 Å². The lowest BCUT2D eigenvalue weighted by Gasteiger charge is -2.40. The van der Waals surface area contributed by atoms with Crippen LogP contribution in [0.5, 0.6) is 0 Å². The zero-order chi connectivity index (χ0) is 14.7. The van der Waals surface area contributed by atoms with Crippen LogP contribution in [-0.2, 0) is 0 Å². The summed E-state index contributed by atoms with van der Waals surface area (Å²) < 4.78 is 0. The van der Waals surface area contributed by atoms with Gasteiger partial charge in [0.05, 0.1) is 11.4 Å². The molecule has 0 saturated heterocycles. The Morgan fingerprint density at radius 1 is 1.14 bits per heavy atom. The molecule has 1 fully saturated rings. The summed E-state index contributed by atoms with van der Waals surface area (Å²) in [5.41, 5.74) is 2.79. The van der Waals surface area contributed by atoms with Crippen LogP contribution < -0.4 is 15.1 Å². The molecule has 0 radical (unpaired) electrons. The van der Waals surface area contributed by atoms with Crippen molar-refractivity contribution < 1.29 is 0 Å². The van der Waals surface area contributed by atoms with Crippen LogP contribution >= 0.6 is 0 Å². The van der Waals surface area contributed by atoms with E-state index in [-0.39, 0.29) is 0 Å². The molecule has 3 nitrogen and oxygen atoms in total. The molecule has 21 heavy (non-hydrogen) atoms. The second kappa shape index (κ2) is 6.69. The summed E-state index contributed by atoms with van der Waals surface area (Å²) in [7, 11) is 2.20. The van der Waals surface area contributed by atoms with Gasteiger partial charge in [0, 0.05) is 32.7 Å². The van der Waals surface area contributed by atoms with Gasteiger partial charge in [-0.15, -0.1) is 0 Å². The third-order valence-electron chi connectivity index (χ3n) is 5.19. The van der Waals surface area contributed by atoms with Crippen LogP contribution in [0.2, 0.25) is 0 Å². The maximum atomic E-state index is 3.76. The smallest absolute Gasteiger partial charge is 0.0605 e. The average molecular weight is 287 g/mol. The van der Waals surface area contributed by atoms with E-state index in [1.165, 1.54) is 37.1 Å². The van der Waals surface area contributed by atoms with Gasteiger partial charge in [0.2, 0.25) is 0 Å². The Morgan fingerprint density at radius 2 is 1.86 bits per heavy atom. The van der Waals surface area contributed by atoms with Gasteiger partial charge < -0.3 is 15.1 Å². The van der Waals surface area contributed by atoms with E-state index in [9.17, 15) is 0 Å². The second-order valence-electron chi connectivity index (χ2n) is 6.56. The fourth-order valence-electron chi connectivity index (χ4n) is 4.00. The van der Waals surface area contributed by atoms with Gasteiger partial charge in [-0.1, -0.05) is 31.9 Å². The van der Waals surface area contributed by atoms with Crippen molar-refractivity contribution in [2.45, 2.75) is 38.6 Å². The van der Waals surface area contributed by atoms with E-state index < -0.39 is 0 Å². The van der Waals surface area contributed by atoms with Crippen LogP contribution in [0.3, 0.4) is 0 Å². The Labute approximate surface area is 129 Å². The molecular formula is C18H29N3. The van der Waals surface area contributed by atoms with Gasteiger partial charge >= 0.3 is 0 Å². The molecule has 1 aliphatic heterocycles. The highest BCUT2D eigenvalue weighted by Crippen LogP contribution is 2.34. The summed E-state index contributed by atoms with van der Waals surface area (Å²) in [5, 5.41) is 3.76. The van der Waals surface area contributed by atoms with Crippen LogP contribution in [0.1, 0.15) is 32.6 Å². The van der Waals surface area contributed by atoms with Crippen molar-refractivity contribution in [1.82, 2.24) is 5.32 Å². The van der Waals surface area contributed by atoms with Gasteiger partial charge in [-0.3, -0.25) is 0 Å². The molecule has 1 heterocycles. The number of rotatable bonds is 5. The molecule has 1 N–H and O–H groups in total. The van der Waals surface area contributed by atoms with Gasteiger partial charge in [-0.25, -0.2) is 0 Å². The van der Waals surface area contributed by atoms with Gasteiger partial charge in [0.15, 0.2) is 0 Å². The maximum Gasteiger partial charge on any atom is 0.0605 e. The summed E-state index contributed by atoms with van der Waals surface area (Å²) in [6, 6.07) is 9.50. The quantitative estimate of drug-likeness (QED) is 0.897. The van der Waals surface area contributed by atoms with E-state index in [4.69, 9.17) is 0 Å².